The third-order valence-electron chi connectivity index (χ3n) is 2.37. The second-order valence-electron chi connectivity index (χ2n) is 4.30. The maximum atomic E-state index is 12.0. The Morgan fingerprint density at radius 1 is 1.29 bits per heavy atom. The normalized spacial score (nSPS) is 12.2. The van der Waals surface area contributed by atoms with Crippen LogP contribution in [0.2, 0.25) is 0 Å². The van der Waals surface area contributed by atoms with E-state index in [1.54, 1.807) is 12.1 Å². The van der Waals surface area contributed by atoms with Gasteiger partial charge in [-0.3, -0.25) is 4.72 Å². The van der Waals surface area contributed by atoms with E-state index in [0.29, 0.717) is 12.3 Å². The molecule has 0 bridgehead atoms. The first-order chi connectivity index (χ1) is 9.72. The average molecular weight is 326 g/mol. The molecule has 0 aromatic heterocycles. The fourth-order valence-corrected chi connectivity index (χ4v) is 2.63. The van der Waals surface area contributed by atoms with Gasteiger partial charge in [0.05, 0.1) is 11.4 Å². The number of nitrogens with two attached hydrogens (primary N) is 1. The topological polar surface area (TPSA) is 81.4 Å². The quantitative estimate of drug-likeness (QED) is 0.766. The van der Waals surface area contributed by atoms with Crippen LogP contribution in [0.5, 0.6) is 5.75 Å². The highest BCUT2D eigenvalue weighted by Crippen LogP contribution is 2.22. The first-order valence-electron chi connectivity index (χ1n) is 6.22. The Bertz CT molecular complexity index is 547. The van der Waals surface area contributed by atoms with Crippen LogP contribution in [0.15, 0.2) is 24.3 Å². The molecule has 0 unspecified atom stereocenters. The molecule has 0 saturated heterocycles. The number of nitrogens with one attached hydrogen (secondary N) is 1. The molecule has 0 aliphatic carbocycles. The number of halogens is 3. The Labute approximate surface area is 121 Å². The predicted octanol–water partition coefficient (Wildman–Crippen LogP) is 2.11. The maximum Gasteiger partial charge on any atom is 0.389 e. The minimum atomic E-state index is -4.36. The van der Waals surface area contributed by atoms with Gasteiger partial charge in [-0.25, -0.2) is 8.42 Å². The molecular weight excluding hydrogens is 309 g/mol. The van der Waals surface area contributed by atoms with Crippen LogP contribution in [0.4, 0.5) is 18.9 Å². The minimum absolute atomic E-state index is 0.233. The summed E-state index contributed by atoms with van der Waals surface area (Å²) in [6.45, 7) is 0.592. The molecule has 0 aliphatic rings. The maximum absolute atomic E-state index is 12.0. The average Bonchev–Trinajstić information content (AvgIpc) is 2.34. The molecule has 9 heteroatoms. The second-order valence-corrected chi connectivity index (χ2v) is 6.15. The molecule has 0 atom stereocenters. The van der Waals surface area contributed by atoms with Crippen molar-refractivity contribution >= 4 is 15.7 Å². The SMILES string of the molecule is NCCOc1cccc(NS(=O)(=O)CCCC(F)(F)F)c1. The van der Waals surface area contributed by atoms with E-state index in [9.17, 15) is 21.6 Å². The van der Waals surface area contributed by atoms with E-state index in [-0.39, 0.29) is 12.3 Å². The third kappa shape index (κ3) is 7.76. The van der Waals surface area contributed by atoms with Crippen LogP contribution in [0.25, 0.3) is 0 Å². The number of sulfonamides is 1. The largest absolute Gasteiger partial charge is 0.492 e. The van der Waals surface area contributed by atoms with Gasteiger partial charge in [-0.05, 0) is 18.6 Å². The molecule has 120 valence electrons. The van der Waals surface area contributed by atoms with Crippen molar-refractivity contribution in [3.05, 3.63) is 24.3 Å². The highest BCUT2D eigenvalue weighted by molar-refractivity contribution is 7.92. The first kappa shape index (κ1) is 17.6. The van der Waals surface area contributed by atoms with Crippen molar-refractivity contribution in [3.63, 3.8) is 0 Å². The van der Waals surface area contributed by atoms with Gasteiger partial charge in [0.25, 0.3) is 0 Å². The molecule has 1 rings (SSSR count). The Morgan fingerprint density at radius 2 is 2.00 bits per heavy atom. The number of anilines is 1. The fraction of sp³-hybridized carbons (Fsp3) is 0.500. The zero-order valence-electron chi connectivity index (χ0n) is 11.2. The molecule has 0 amide bonds. The number of rotatable bonds is 8. The highest BCUT2D eigenvalue weighted by Gasteiger charge is 2.27. The summed E-state index contributed by atoms with van der Waals surface area (Å²) in [5, 5.41) is 0. The molecule has 0 saturated carbocycles. The number of ether oxygens (including phenoxy) is 1. The summed E-state index contributed by atoms with van der Waals surface area (Å²) >= 11 is 0. The molecule has 0 radical (unpaired) electrons. The minimum Gasteiger partial charge on any atom is -0.492 e. The lowest BCUT2D eigenvalue weighted by Gasteiger charge is -2.11. The summed E-state index contributed by atoms with van der Waals surface area (Å²) in [5.41, 5.74) is 5.51. The van der Waals surface area contributed by atoms with Crippen molar-refractivity contribution in [1.29, 1.82) is 0 Å². The summed E-state index contributed by atoms with van der Waals surface area (Å²) < 4.78 is 66.7. The zero-order valence-corrected chi connectivity index (χ0v) is 12.0. The number of hydrogen-bond donors (Lipinski definition) is 2. The molecule has 5 nitrogen and oxygen atoms in total. The van der Waals surface area contributed by atoms with Gasteiger partial charge in [-0.2, -0.15) is 13.2 Å². The van der Waals surface area contributed by atoms with E-state index < -0.39 is 34.8 Å². The fourth-order valence-electron chi connectivity index (χ4n) is 1.52. The molecular formula is C12H17F3N2O3S. The molecule has 3 N–H and O–H groups in total. The van der Waals surface area contributed by atoms with Crippen LogP contribution >= 0.6 is 0 Å². The van der Waals surface area contributed by atoms with Crippen LogP contribution < -0.4 is 15.2 Å². The van der Waals surface area contributed by atoms with E-state index in [1.165, 1.54) is 12.1 Å². The highest BCUT2D eigenvalue weighted by atomic mass is 32.2. The van der Waals surface area contributed by atoms with Gasteiger partial charge >= 0.3 is 6.18 Å². The Hall–Kier alpha value is -1.48. The Kier molecular flexibility index (Phi) is 6.28. The summed E-state index contributed by atoms with van der Waals surface area (Å²) in [5.74, 6) is -0.170. The predicted molar refractivity (Wildman–Crippen MR) is 73.7 cm³/mol. The van der Waals surface area contributed by atoms with Crippen LogP contribution in [-0.2, 0) is 10.0 Å². The van der Waals surface area contributed by atoms with Crippen molar-refractivity contribution in [2.45, 2.75) is 19.0 Å². The van der Waals surface area contributed by atoms with Gasteiger partial charge in [0.2, 0.25) is 10.0 Å². The van der Waals surface area contributed by atoms with E-state index in [1.807, 2.05) is 0 Å². The molecule has 0 fully saturated rings. The Balaban J connectivity index is 2.58. The van der Waals surface area contributed by atoms with Crippen molar-refractivity contribution in [2.75, 3.05) is 23.6 Å². The summed E-state index contributed by atoms with van der Waals surface area (Å²) in [4.78, 5) is 0. The monoisotopic (exact) mass is 326 g/mol. The lowest BCUT2D eigenvalue weighted by Crippen LogP contribution is -2.19. The number of alkyl halides is 3. The summed E-state index contributed by atoms with van der Waals surface area (Å²) in [6.07, 6.45) is -5.97. The van der Waals surface area contributed by atoms with Crippen molar-refractivity contribution in [2.24, 2.45) is 5.73 Å². The van der Waals surface area contributed by atoms with Gasteiger partial charge in [-0.1, -0.05) is 6.07 Å². The Morgan fingerprint density at radius 3 is 2.62 bits per heavy atom. The molecule has 0 aliphatic heterocycles. The van der Waals surface area contributed by atoms with Gasteiger partial charge in [0, 0.05) is 19.0 Å². The van der Waals surface area contributed by atoms with Gasteiger partial charge in [0.15, 0.2) is 0 Å². The van der Waals surface area contributed by atoms with Crippen molar-refractivity contribution in [1.82, 2.24) is 0 Å². The van der Waals surface area contributed by atoms with Crippen LogP contribution in [0, 0.1) is 0 Å². The standard InChI is InChI=1S/C12H17F3N2O3S/c13-12(14,15)5-2-8-21(18,19)17-10-3-1-4-11(9-10)20-7-6-16/h1,3-4,9,17H,2,5-8,16H2. The van der Waals surface area contributed by atoms with Crippen LogP contribution in [0.1, 0.15) is 12.8 Å². The summed E-state index contributed by atoms with van der Waals surface area (Å²) in [7, 11) is -3.82. The molecule has 0 heterocycles. The molecule has 0 spiro atoms. The lowest BCUT2D eigenvalue weighted by atomic mass is 10.3. The van der Waals surface area contributed by atoms with Crippen LogP contribution in [0.3, 0.4) is 0 Å². The number of benzene rings is 1. The third-order valence-corrected chi connectivity index (χ3v) is 3.74. The molecule has 1 aromatic rings. The second kappa shape index (κ2) is 7.51. The smallest absolute Gasteiger partial charge is 0.389 e. The molecule has 1 aromatic carbocycles. The van der Waals surface area contributed by atoms with Gasteiger partial charge in [-0.15, -0.1) is 0 Å². The van der Waals surface area contributed by atoms with E-state index >= 15 is 0 Å². The summed E-state index contributed by atoms with van der Waals surface area (Å²) in [6, 6.07) is 6.12. The van der Waals surface area contributed by atoms with Gasteiger partial charge in [0.1, 0.15) is 12.4 Å². The van der Waals surface area contributed by atoms with Crippen molar-refractivity contribution < 1.29 is 26.3 Å². The van der Waals surface area contributed by atoms with E-state index in [2.05, 4.69) is 4.72 Å². The van der Waals surface area contributed by atoms with E-state index in [4.69, 9.17) is 10.5 Å². The van der Waals surface area contributed by atoms with Crippen molar-refractivity contribution in [3.8, 4) is 5.75 Å². The lowest BCUT2D eigenvalue weighted by molar-refractivity contribution is -0.134. The zero-order chi connectivity index (χ0) is 15.9. The first-order valence-corrected chi connectivity index (χ1v) is 7.87. The van der Waals surface area contributed by atoms with E-state index in [0.717, 1.165) is 0 Å². The van der Waals surface area contributed by atoms with Crippen LogP contribution in [-0.4, -0.2) is 33.5 Å². The molecule has 21 heavy (non-hydrogen) atoms. The van der Waals surface area contributed by atoms with Gasteiger partial charge < -0.3 is 10.5 Å². The number of hydrogen-bond acceptors (Lipinski definition) is 4.